The third-order valence-electron chi connectivity index (χ3n) is 6.09. The maximum atomic E-state index is 12.4. The van der Waals surface area contributed by atoms with Gasteiger partial charge in [-0.1, -0.05) is 42.1 Å². The van der Waals surface area contributed by atoms with Crippen molar-refractivity contribution in [1.82, 2.24) is 15.3 Å². The van der Waals surface area contributed by atoms with Crippen molar-refractivity contribution in [3.8, 4) is 11.3 Å². The number of furan rings is 2. The molecule has 5 rings (SSSR count). The smallest absolute Gasteiger partial charge is 0.287 e. The highest BCUT2D eigenvalue weighted by Gasteiger charge is 2.21. The van der Waals surface area contributed by atoms with Crippen LogP contribution in [0.1, 0.15) is 48.3 Å². The number of amides is 1. The summed E-state index contributed by atoms with van der Waals surface area (Å²) >= 11 is 1.51. The van der Waals surface area contributed by atoms with Crippen molar-refractivity contribution in [3.63, 3.8) is 0 Å². The van der Waals surface area contributed by atoms with Gasteiger partial charge in [0.05, 0.1) is 24.3 Å². The molecule has 0 aliphatic carbocycles. The van der Waals surface area contributed by atoms with Crippen LogP contribution in [0.2, 0.25) is 0 Å². The Labute approximate surface area is 209 Å². The van der Waals surface area contributed by atoms with E-state index in [2.05, 4.69) is 35.3 Å². The number of carbonyl (C=O) groups excluding carboxylic acids is 1. The first-order chi connectivity index (χ1) is 17.2. The Morgan fingerprint density at radius 2 is 1.97 bits per heavy atom. The summed E-state index contributed by atoms with van der Waals surface area (Å²) in [5, 5.41) is 3.49. The van der Waals surface area contributed by atoms with Crippen LogP contribution in [0.3, 0.4) is 0 Å². The molecule has 1 aromatic carbocycles. The highest BCUT2D eigenvalue weighted by molar-refractivity contribution is 7.98. The number of carbonyl (C=O) groups is 1. The van der Waals surface area contributed by atoms with Crippen molar-refractivity contribution in [1.29, 1.82) is 0 Å². The lowest BCUT2D eigenvalue weighted by Crippen LogP contribution is -2.38. The van der Waals surface area contributed by atoms with Crippen molar-refractivity contribution in [2.75, 3.05) is 11.4 Å². The minimum absolute atomic E-state index is 0.272. The predicted octanol–water partition coefficient (Wildman–Crippen LogP) is 5.93. The Morgan fingerprint density at radius 1 is 1.09 bits per heavy atom. The van der Waals surface area contributed by atoms with Gasteiger partial charge < -0.3 is 19.1 Å². The monoisotopic (exact) mass is 488 g/mol. The van der Waals surface area contributed by atoms with Crippen LogP contribution in [0.4, 0.5) is 5.82 Å². The molecule has 4 heterocycles. The molecule has 1 N–H and O–H groups in total. The van der Waals surface area contributed by atoms with Crippen molar-refractivity contribution in [3.05, 3.63) is 84.2 Å². The SMILES string of the molecule is CC1CCCCN1c1cc(-c2ccccc2)nc(SCc2ccc(C(=O)NCc3ccco3)o2)n1. The molecule has 1 unspecified atom stereocenters. The maximum Gasteiger partial charge on any atom is 0.287 e. The zero-order chi connectivity index (χ0) is 24.0. The Hall–Kier alpha value is -3.52. The molecule has 1 amide bonds. The fourth-order valence-electron chi connectivity index (χ4n) is 4.20. The maximum absolute atomic E-state index is 12.4. The first kappa shape index (κ1) is 23.2. The molecule has 0 radical (unpaired) electrons. The minimum Gasteiger partial charge on any atom is -0.467 e. The van der Waals surface area contributed by atoms with Gasteiger partial charge in [0.1, 0.15) is 17.3 Å². The molecule has 1 aliphatic rings. The molecule has 0 spiro atoms. The van der Waals surface area contributed by atoms with Gasteiger partial charge in [-0.05, 0) is 50.5 Å². The molecule has 180 valence electrons. The van der Waals surface area contributed by atoms with Crippen LogP contribution in [0, 0.1) is 0 Å². The summed E-state index contributed by atoms with van der Waals surface area (Å²) in [5.74, 6) is 2.87. The van der Waals surface area contributed by atoms with Gasteiger partial charge in [-0.2, -0.15) is 0 Å². The topological polar surface area (TPSA) is 84.4 Å². The Morgan fingerprint density at radius 3 is 2.77 bits per heavy atom. The van der Waals surface area contributed by atoms with E-state index in [0.717, 1.165) is 23.6 Å². The van der Waals surface area contributed by atoms with Crippen LogP contribution < -0.4 is 10.2 Å². The van der Waals surface area contributed by atoms with Gasteiger partial charge in [-0.3, -0.25) is 4.79 Å². The van der Waals surface area contributed by atoms with Crippen molar-refractivity contribution >= 4 is 23.5 Å². The fraction of sp³-hybridized carbons (Fsp3) is 0.296. The van der Waals surface area contributed by atoms with Crippen LogP contribution in [-0.2, 0) is 12.3 Å². The molecular formula is C27H28N4O3S. The van der Waals surface area contributed by atoms with E-state index < -0.39 is 0 Å². The lowest BCUT2D eigenvalue weighted by molar-refractivity contribution is 0.0919. The molecule has 3 aromatic heterocycles. The number of benzene rings is 1. The minimum atomic E-state index is -0.277. The van der Waals surface area contributed by atoms with Gasteiger partial charge >= 0.3 is 0 Å². The van der Waals surface area contributed by atoms with Gasteiger partial charge in [0.25, 0.3) is 5.91 Å². The van der Waals surface area contributed by atoms with Crippen molar-refractivity contribution in [2.45, 2.75) is 49.7 Å². The number of thioether (sulfide) groups is 1. The van der Waals surface area contributed by atoms with Crippen LogP contribution >= 0.6 is 11.8 Å². The molecule has 4 aromatic rings. The quantitative estimate of drug-likeness (QED) is 0.243. The van der Waals surface area contributed by atoms with Gasteiger partial charge in [-0.15, -0.1) is 0 Å². The largest absolute Gasteiger partial charge is 0.467 e. The standard InChI is InChI=1S/C27H28N4O3S/c1-19-8-5-6-14-31(19)25-16-23(20-9-3-2-4-10-20)29-27(30-25)35-18-22-12-13-24(34-22)26(32)28-17-21-11-7-15-33-21/h2-4,7,9-13,15-16,19H,5-6,8,14,17-18H2,1H3,(H,28,32). The average Bonchev–Trinajstić information content (AvgIpc) is 3.59. The number of aromatic nitrogens is 2. The first-order valence-electron chi connectivity index (χ1n) is 11.9. The third-order valence-corrected chi connectivity index (χ3v) is 6.96. The lowest BCUT2D eigenvalue weighted by atomic mass is 10.0. The van der Waals surface area contributed by atoms with E-state index in [1.165, 1.54) is 31.0 Å². The summed E-state index contributed by atoms with van der Waals surface area (Å²) in [6.07, 6.45) is 5.18. The lowest BCUT2D eigenvalue weighted by Gasteiger charge is -2.34. The Kier molecular flexibility index (Phi) is 7.18. The summed E-state index contributed by atoms with van der Waals surface area (Å²) in [6.45, 7) is 3.58. The van der Waals surface area contributed by atoms with E-state index in [4.69, 9.17) is 18.8 Å². The van der Waals surface area contributed by atoms with E-state index in [1.807, 2.05) is 30.3 Å². The molecule has 1 fully saturated rings. The summed E-state index contributed by atoms with van der Waals surface area (Å²) < 4.78 is 11.0. The van der Waals surface area contributed by atoms with Crippen molar-refractivity contribution in [2.24, 2.45) is 0 Å². The van der Waals surface area contributed by atoms with Gasteiger partial charge in [-0.25, -0.2) is 9.97 Å². The second kappa shape index (κ2) is 10.8. The highest BCUT2D eigenvalue weighted by atomic mass is 32.2. The molecule has 7 nitrogen and oxygen atoms in total. The van der Waals surface area contributed by atoms with E-state index in [-0.39, 0.29) is 11.7 Å². The van der Waals surface area contributed by atoms with E-state index in [0.29, 0.717) is 35.0 Å². The zero-order valence-electron chi connectivity index (χ0n) is 19.6. The molecule has 0 bridgehead atoms. The zero-order valence-corrected chi connectivity index (χ0v) is 20.5. The normalized spacial score (nSPS) is 15.8. The van der Waals surface area contributed by atoms with Gasteiger partial charge in [0.2, 0.25) is 0 Å². The van der Waals surface area contributed by atoms with Crippen LogP contribution in [0.15, 0.2) is 80.9 Å². The van der Waals surface area contributed by atoms with Crippen molar-refractivity contribution < 1.29 is 13.6 Å². The average molecular weight is 489 g/mol. The second-order valence-electron chi connectivity index (χ2n) is 8.61. The molecule has 35 heavy (non-hydrogen) atoms. The van der Waals surface area contributed by atoms with Crippen LogP contribution in [0.25, 0.3) is 11.3 Å². The van der Waals surface area contributed by atoms with Gasteiger partial charge in [0.15, 0.2) is 10.9 Å². The summed E-state index contributed by atoms with van der Waals surface area (Å²) in [4.78, 5) is 24.5. The predicted molar refractivity (Wildman–Crippen MR) is 136 cm³/mol. The second-order valence-corrected chi connectivity index (χ2v) is 9.56. The number of nitrogens with zero attached hydrogens (tertiary/aromatic N) is 3. The summed E-state index contributed by atoms with van der Waals surface area (Å²) in [7, 11) is 0. The number of piperidine rings is 1. The highest BCUT2D eigenvalue weighted by Crippen LogP contribution is 2.30. The fourth-order valence-corrected chi connectivity index (χ4v) is 4.95. The Bertz CT molecular complexity index is 1260. The number of hydrogen-bond acceptors (Lipinski definition) is 7. The molecular weight excluding hydrogens is 460 g/mol. The van der Waals surface area contributed by atoms with Crippen LogP contribution in [0.5, 0.6) is 0 Å². The molecule has 0 saturated carbocycles. The van der Waals surface area contributed by atoms with Crippen LogP contribution in [-0.4, -0.2) is 28.5 Å². The number of anilines is 1. The third kappa shape index (κ3) is 5.77. The first-order valence-corrected chi connectivity index (χ1v) is 12.9. The summed E-state index contributed by atoms with van der Waals surface area (Å²) in [5.41, 5.74) is 1.98. The van der Waals surface area contributed by atoms with E-state index in [1.54, 1.807) is 18.4 Å². The molecule has 8 heteroatoms. The molecule has 1 aliphatic heterocycles. The molecule has 1 saturated heterocycles. The number of rotatable bonds is 8. The Balaban J connectivity index is 1.30. The number of hydrogen-bond donors (Lipinski definition) is 1. The summed E-state index contributed by atoms with van der Waals surface area (Å²) in [6, 6.07) is 19.8. The van der Waals surface area contributed by atoms with E-state index >= 15 is 0 Å². The van der Waals surface area contributed by atoms with Gasteiger partial charge in [0, 0.05) is 24.2 Å². The molecule has 1 atom stereocenters. The number of nitrogens with one attached hydrogen (secondary N) is 1. The van der Waals surface area contributed by atoms with E-state index in [9.17, 15) is 4.79 Å².